The zero-order valence-corrected chi connectivity index (χ0v) is 70.7. The van der Waals surface area contributed by atoms with Gasteiger partial charge in [0.2, 0.25) is 5.67 Å². The van der Waals surface area contributed by atoms with Gasteiger partial charge >= 0.3 is 0 Å². The van der Waals surface area contributed by atoms with Crippen molar-refractivity contribution in [1.29, 1.82) is 0 Å². The number of likely N-dealkylation sites (tertiary alicyclic amines) is 4. The topological polar surface area (TPSA) is 268 Å². The van der Waals surface area contributed by atoms with Crippen molar-refractivity contribution in [1.82, 2.24) is 108 Å². The van der Waals surface area contributed by atoms with E-state index in [1.54, 1.807) is 95.7 Å². The van der Waals surface area contributed by atoms with Gasteiger partial charge in [-0.1, -0.05) is 54.6 Å². The summed E-state index contributed by atoms with van der Waals surface area (Å²) in [5.41, 5.74) is 5.24. The predicted molar refractivity (Wildman–Crippen MR) is 460 cm³/mol. The van der Waals surface area contributed by atoms with E-state index in [9.17, 15) is 22.0 Å². The lowest BCUT2D eigenvalue weighted by molar-refractivity contribution is -0.140. The molecule has 18 rings (SSSR count). The third kappa shape index (κ3) is 19.2. The van der Waals surface area contributed by atoms with Gasteiger partial charge < -0.3 is 48.6 Å². The number of hydrogen-bond acceptors (Lipinski definition) is 23. The molecule has 6 N–H and O–H groups in total. The summed E-state index contributed by atoms with van der Waals surface area (Å²) in [7, 11) is 6.97. The van der Waals surface area contributed by atoms with E-state index >= 15 is 4.39 Å². The lowest BCUT2D eigenvalue weighted by atomic mass is 9.81. The third-order valence-corrected chi connectivity index (χ3v) is 24.2. The molecule has 3 aromatic carbocycles. The van der Waals surface area contributed by atoms with Crippen molar-refractivity contribution in [2.24, 2.45) is 0 Å². The van der Waals surface area contributed by atoms with Gasteiger partial charge in [-0.2, -0.15) is 15.3 Å². The number of para-hydroxylation sites is 3. The number of halogens is 6. The van der Waals surface area contributed by atoms with E-state index in [1.165, 1.54) is 18.2 Å². The second-order valence-corrected chi connectivity index (χ2v) is 32.8. The standard InChI is InChI=1S/C30H37F2N9O.C30H36F2N8O.C29H34F2N8O2/c1-21-27(22-13-33-29(34-14-22)30(32)18-38(2)19-30)37-41(24-7-5-4-6-8-24)28(21)36-20-35-25-16-39(11-12-42-3)17-26(25)40-10-9-23(31)15-40;1-21-27(22-15-33-29(34-16-22)30(32)10-6-11-30)37-40(24-7-4-3-5-8-24)28(21)36-20-35-25-18-38(13-14-41-2)19-26(25)39-12-9-23(31)17-39;1-20-26(21-12-32-28(33-13-21)29(31)17-41-18-29)36-39(23-6-4-3-5-7-23)27(20)35-19-34-24-15-37(10-11-40-2)16-25(24)38-9-8-22(30)14-38/h4-10,13-15,25-26,35-36H,11-12,16-20H2,1-3H3;3-5,7-9,12,15-17,25-26,35-36H,6,10-11,13-14,18-20H2,1-2H3;3-9,12-14,24-25,34-35H,10-11,15-19H2,1-2H3/t2*25-,26-;24-,25-/m111/s1. The number of aromatic nitrogens is 15. The van der Waals surface area contributed by atoms with Gasteiger partial charge in [-0.25, -0.2) is 70.3 Å². The van der Waals surface area contributed by atoms with E-state index in [0.29, 0.717) is 77.0 Å². The summed E-state index contributed by atoms with van der Waals surface area (Å²) >= 11 is 0. The molecule has 5 saturated heterocycles. The maximum absolute atomic E-state index is 15.0. The molecule has 1 aliphatic carbocycles. The molecule has 124 heavy (non-hydrogen) atoms. The van der Waals surface area contributed by atoms with Crippen molar-refractivity contribution in [3.8, 4) is 50.8 Å². The molecule has 0 spiro atoms. The Balaban J connectivity index is 0.000000137. The summed E-state index contributed by atoms with van der Waals surface area (Å²) < 4.78 is 118. The molecule has 5 aliphatic heterocycles. The van der Waals surface area contributed by atoms with Crippen LogP contribution in [0.5, 0.6) is 0 Å². The molecule has 0 amide bonds. The third-order valence-electron chi connectivity index (χ3n) is 24.2. The number of hydrogen-bond donors (Lipinski definition) is 6. The van der Waals surface area contributed by atoms with Gasteiger partial charge in [0.15, 0.2) is 28.8 Å². The highest BCUT2D eigenvalue weighted by atomic mass is 19.2. The summed E-state index contributed by atoms with van der Waals surface area (Å²) in [5.74, 6) is 2.35. The Morgan fingerprint density at radius 2 is 0.718 bits per heavy atom. The van der Waals surface area contributed by atoms with Gasteiger partial charge in [0, 0.05) is 219 Å². The highest BCUT2D eigenvalue weighted by Crippen LogP contribution is 2.44. The maximum Gasteiger partial charge on any atom is 0.215 e. The molecular weight excluding hydrogens is 1600 g/mol. The van der Waals surface area contributed by atoms with E-state index < -0.39 is 17.0 Å². The summed E-state index contributed by atoms with van der Waals surface area (Å²) in [6.45, 7) is 17.1. The molecule has 0 radical (unpaired) electrons. The van der Waals surface area contributed by atoms with E-state index in [-0.39, 0.29) is 84.4 Å². The molecule has 14 heterocycles. The van der Waals surface area contributed by atoms with Crippen molar-refractivity contribution >= 4 is 17.5 Å². The van der Waals surface area contributed by atoms with Crippen LogP contribution < -0.4 is 31.9 Å². The second kappa shape index (κ2) is 38.6. The van der Waals surface area contributed by atoms with Crippen LogP contribution in [0, 0.1) is 38.2 Å². The van der Waals surface area contributed by atoms with Crippen molar-refractivity contribution in [2.45, 2.75) is 93.3 Å². The number of nitrogens with zero attached hydrogens (tertiary/aromatic N) is 19. The number of likely N-dealkylation sites (N-methyl/N-ethyl adjacent to an activating group) is 1. The van der Waals surface area contributed by atoms with Crippen LogP contribution in [-0.4, -0.2) is 264 Å². The van der Waals surface area contributed by atoms with E-state index in [0.717, 1.165) is 139 Å². The average Bonchev–Trinajstić information content (AvgIpc) is 1.45. The first-order valence-electron chi connectivity index (χ1n) is 42.1. The molecular formula is C89H107F6N25O4. The molecule has 12 aromatic rings. The first-order valence-corrected chi connectivity index (χ1v) is 42.1. The number of nitrogens with one attached hydrogen (secondary N) is 6. The van der Waals surface area contributed by atoms with E-state index in [1.807, 2.05) is 151 Å². The molecule has 0 bridgehead atoms. The SMILES string of the molecule is COCCN1C[C@@H](n2ccc(F)c2)[C@H](NCNc2c(C)c(-c3cnc(C4(F)CCC4)nc3)nn2-c2ccccc2)C1.COCCN1C[C@@H](n2ccc(F)c2)[C@H](NCNc2c(C)c(-c3cnc(C4(F)CN(C)C4)nc3)nn2-c2ccccc2)C1.COCCN1C[C@@H](n2ccc(F)c2)[C@H](NCNc2c(C)c(-c3cnc(C4(F)COC4)nc3)nn2-c2ccccc2)C1. The Morgan fingerprint density at radius 3 is 0.976 bits per heavy atom. The molecule has 0 unspecified atom stereocenters. The predicted octanol–water partition coefficient (Wildman–Crippen LogP) is 11.0. The monoisotopic (exact) mass is 1700 g/mol. The molecule has 6 fully saturated rings. The summed E-state index contributed by atoms with van der Waals surface area (Å²) in [6.07, 6.45) is 21.7. The first kappa shape index (κ1) is 86.4. The van der Waals surface area contributed by atoms with Crippen LogP contribution in [0.2, 0.25) is 0 Å². The number of alkyl halides is 3. The van der Waals surface area contributed by atoms with E-state index in [4.69, 9.17) is 34.2 Å². The van der Waals surface area contributed by atoms with Gasteiger partial charge in [0.05, 0.1) is 88.2 Å². The number of methoxy groups -OCH3 is 3. The minimum atomic E-state index is -1.63. The lowest BCUT2D eigenvalue weighted by Gasteiger charge is -2.40. The first-order chi connectivity index (χ1) is 60.2. The van der Waals surface area contributed by atoms with Crippen molar-refractivity contribution in [3.05, 3.63) is 235 Å². The Labute approximate surface area is 716 Å². The van der Waals surface area contributed by atoms with Crippen molar-refractivity contribution in [3.63, 3.8) is 0 Å². The molecule has 9 aromatic heterocycles. The minimum Gasteiger partial charge on any atom is -0.383 e. The fourth-order valence-electron chi connectivity index (χ4n) is 17.2. The zero-order valence-electron chi connectivity index (χ0n) is 70.7. The summed E-state index contributed by atoms with van der Waals surface area (Å²) in [6, 6.07) is 34.6. The number of anilines is 3. The molecule has 6 aliphatic rings. The highest BCUT2D eigenvalue weighted by molar-refractivity contribution is 5.72. The molecule has 1 saturated carbocycles. The van der Waals surface area contributed by atoms with Crippen molar-refractivity contribution < 1.29 is 45.3 Å². The van der Waals surface area contributed by atoms with Crippen LogP contribution in [0.3, 0.4) is 0 Å². The van der Waals surface area contributed by atoms with Crippen LogP contribution >= 0.6 is 0 Å². The largest absolute Gasteiger partial charge is 0.383 e. The summed E-state index contributed by atoms with van der Waals surface area (Å²) in [4.78, 5) is 35.0. The Bertz CT molecular complexity index is 5230. The average molecular weight is 1700 g/mol. The molecule has 35 heteroatoms. The van der Waals surface area contributed by atoms with Gasteiger partial charge in [-0.05, 0) is 102 Å². The Morgan fingerprint density at radius 1 is 0.411 bits per heavy atom. The molecule has 654 valence electrons. The van der Waals surface area contributed by atoms with Gasteiger partial charge in [0.1, 0.15) is 52.0 Å². The Hall–Kier alpha value is -11.1. The smallest absolute Gasteiger partial charge is 0.215 e. The van der Waals surface area contributed by atoms with Gasteiger partial charge in [-0.15, -0.1) is 0 Å². The molecule has 29 nitrogen and oxygen atoms in total. The molecule has 6 atom stereocenters. The number of ether oxygens (including phenoxy) is 4. The fourth-order valence-corrected chi connectivity index (χ4v) is 17.2. The van der Waals surface area contributed by atoms with Crippen LogP contribution in [0.4, 0.5) is 43.8 Å². The van der Waals surface area contributed by atoms with Gasteiger partial charge in [0.25, 0.3) is 0 Å². The van der Waals surface area contributed by atoms with Crippen LogP contribution in [0.25, 0.3) is 50.8 Å². The highest BCUT2D eigenvalue weighted by Gasteiger charge is 2.47. The number of benzene rings is 3. The van der Waals surface area contributed by atoms with Crippen molar-refractivity contribution in [2.75, 3.05) is 169 Å². The zero-order chi connectivity index (χ0) is 86.1. The second-order valence-electron chi connectivity index (χ2n) is 32.8. The fraction of sp³-hybridized carbons (Fsp3) is 0.427. The van der Waals surface area contributed by atoms with E-state index in [2.05, 4.69) is 76.5 Å². The van der Waals surface area contributed by atoms with Crippen LogP contribution in [0.15, 0.2) is 184 Å². The maximum atomic E-state index is 15.0. The lowest BCUT2D eigenvalue weighted by Crippen LogP contribution is -2.55. The van der Waals surface area contributed by atoms with Crippen LogP contribution in [-0.2, 0) is 36.0 Å². The summed E-state index contributed by atoms with van der Waals surface area (Å²) in [5, 5.41) is 36.3. The Kier molecular flexibility index (Phi) is 26.9. The normalized spacial score (nSPS) is 20.4. The minimum absolute atomic E-state index is 0.0274. The van der Waals surface area contributed by atoms with Crippen LogP contribution in [0.1, 0.15) is 71.6 Å². The quantitative estimate of drug-likeness (QED) is 0.0165. The van der Waals surface area contributed by atoms with Gasteiger partial charge in [-0.3, -0.25) is 35.6 Å². The number of rotatable bonds is 33.